The normalized spacial score (nSPS) is 18.4. The van der Waals surface area contributed by atoms with E-state index in [2.05, 4.69) is 0 Å². The number of halogens is 3. The molecule has 0 radical (unpaired) electrons. The number of hydrogen-bond donors (Lipinski definition) is 0. The smallest absolute Gasteiger partial charge is 0.323 e. The van der Waals surface area contributed by atoms with Crippen LogP contribution in [-0.2, 0) is 29.0 Å². The van der Waals surface area contributed by atoms with Crippen LogP contribution in [0.15, 0.2) is 78.9 Å². The highest BCUT2D eigenvalue weighted by Crippen LogP contribution is 2.37. The van der Waals surface area contributed by atoms with E-state index in [1.807, 2.05) is 66.4 Å². The van der Waals surface area contributed by atoms with Gasteiger partial charge in [-0.05, 0) is 89.2 Å². The van der Waals surface area contributed by atoms with Gasteiger partial charge in [0.15, 0.2) is 0 Å². The monoisotopic (exact) mass is 676 g/mol. The summed E-state index contributed by atoms with van der Waals surface area (Å²) in [6.45, 7) is 3.15. The number of fused-ring (bicyclic) bond motifs is 2. The molecule has 47 heavy (non-hydrogen) atoms. The summed E-state index contributed by atoms with van der Waals surface area (Å²) in [5.41, 5.74) is 4.85. The van der Waals surface area contributed by atoms with Gasteiger partial charge in [-0.1, -0.05) is 60.5 Å². The van der Waals surface area contributed by atoms with Gasteiger partial charge in [0.1, 0.15) is 35.6 Å². The zero-order valence-electron chi connectivity index (χ0n) is 26.3. The highest BCUT2D eigenvalue weighted by atomic mass is 35.5. The van der Waals surface area contributed by atoms with Gasteiger partial charge in [-0.15, -0.1) is 0 Å². The third kappa shape index (κ3) is 7.10. The van der Waals surface area contributed by atoms with Crippen LogP contribution < -0.4 is 9.47 Å². The number of esters is 1. The fourth-order valence-corrected chi connectivity index (χ4v) is 6.57. The molecule has 3 atom stereocenters. The van der Waals surface area contributed by atoms with Gasteiger partial charge in [-0.2, -0.15) is 0 Å². The number of ether oxygens (including phenoxy) is 3. The second-order valence-corrected chi connectivity index (χ2v) is 12.8. The Morgan fingerprint density at radius 1 is 1.02 bits per heavy atom. The average Bonchev–Trinajstić information content (AvgIpc) is 3.18. The van der Waals surface area contributed by atoms with Crippen molar-refractivity contribution in [1.82, 2.24) is 9.80 Å². The standard InChI is InChI=1S/C37H35Cl2FN2O5/c1-4-33(24-10-13-30(38)31(39)16-24)46-28-11-8-23(9-12-28)35-21-41(2)36(43)29-15-25-17-32(37(44)45-3)42(20-26(25)18-34(29)47-35)19-22-6-5-7-27(40)14-22/h5-16,18,32-33,35H,4,17,19-21H2,1-3H3/t32-,33+,35+/m0/s1. The molecule has 0 saturated heterocycles. The molecule has 4 aromatic rings. The van der Waals surface area contributed by atoms with Crippen molar-refractivity contribution in [2.45, 2.75) is 51.1 Å². The van der Waals surface area contributed by atoms with Crippen LogP contribution in [0, 0.1) is 5.82 Å². The SMILES string of the molecule is CC[C@@H](Oc1ccc([C@H]2CN(C)C(=O)c3cc4c(cc3O2)CN(Cc2cccc(F)c2)[C@H](C(=O)OC)C4)cc1)c1ccc(Cl)c(Cl)c1. The van der Waals surface area contributed by atoms with E-state index in [4.69, 9.17) is 37.4 Å². The Hall–Kier alpha value is -4.11. The minimum Gasteiger partial charge on any atom is -0.486 e. The minimum absolute atomic E-state index is 0.158. The van der Waals surface area contributed by atoms with Crippen molar-refractivity contribution in [2.24, 2.45) is 0 Å². The lowest BCUT2D eigenvalue weighted by Crippen LogP contribution is -2.45. The zero-order chi connectivity index (χ0) is 33.2. The molecule has 4 aromatic carbocycles. The maximum atomic E-state index is 14.0. The van der Waals surface area contributed by atoms with Gasteiger partial charge in [0.05, 0.1) is 29.3 Å². The number of amides is 1. The summed E-state index contributed by atoms with van der Waals surface area (Å²) in [6.07, 6.45) is 0.461. The van der Waals surface area contributed by atoms with Crippen molar-refractivity contribution in [1.29, 1.82) is 0 Å². The number of nitrogens with zero attached hydrogens (tertiary/aromatic N) is 2. The topological polar surface area (TPSA) is 68.3 Å². The fourth-order valence-electron chi connectivity index (χ4n) is 6.27. The van der Waals surface area contributed by atoms with Crippen molar-refractivity contribution in [3.8, 4) is 11.5 Å². The van der Waals surface area contributed by atoms with Crippen LogP contribution in [0.2, 0.25) is 10.0 Å². The molecule has 2 heterocycles. The fraction of sp³-hybridized carbons (Fsp3) is 0.297. The van der Waals surface area contributed by atoms with Crippen molar-refractivity contribution >= 4 is 35.1 Å². The Kier molecular flexibility index (Phi) is 9.73. The Bertz CT molecular complexity index is 1800. The molecule has 0 fully saturated rings. The quantitative estimate of drug-likeness (QED) is 0.176. The van der Waals surface area contributed by atoms with Crippen LogP contribution in [0.5, 0.6) is 11.5 Å². The summed E-state index contributed by atoms with van der Waals surface area (Å²) in [6, 6.07) is 22.7. The molecule has 0 aromatic heterocycles. The lowest BCUT2D eigenvalue weighted by atomic mass is 9.91. The van der Waals surface area contributed by atoms with Gasteiger partial charge in [0.25, 0.3) is 5.91 Å². The molecule has 0 aliphatic carbocycles. The van der Waals surface area contributed by atoms with Crippen LogP contribution in [0.25, 0.3) is 0 Å². The number of likely N-dealkylation sites (N-methyl/N-ethyl adjacent to an activating group) is 1. The van der Waals surface area contributed by atoms with Crippen molar-refractivity contribution < 1.29 is 28.2 Å². The van der Waals surface area contributed by atoms with Crippen LogP contribution in [0.3, 0.4) is 0 Å². The number of carbonyl (C=O) groups excluding carboxylic acids is 2. The molecule has 0 spiro atoms. The lowest BCUT2D eigenvalue weighted by molar-refractivity contribution is -0.148. The first-order chi connectivity index (χ1) is 22.6. The van der Waals surface area contributed by atoms with E-state index in [0.717, 1.165) is 34.2 Å². The molecule has 244 valence electrons. The molecule has 10 heteroatoms. The Morgan fingerprint density at radius 2 is 1.81 bits per heavy atom. The summed E-state index contributed by atoms with van der Waals surface area (Å²) in [5.74, 6) is 0.304. The first-order valence-electron chi connectivity index (χ1n) is 15.5. The van der Waals surface area contributed by atoms with E-state index in [9.17, 15) is 14.0 Å². The maximum Gasteiger partial charge on any atom is 0.323 e. The van der Waals surface area contributed by atoms with Crippen molar-refractivity contribution in [2.75, 3.05) is 20.7 Å². The summed E-state index contributed by atoms with van der Waals surface area (Å²) >= 11 is 12.3. The first kappa shape index (κ1) is 32.8. The molecular formula is C37H35Cl2FN2O5. The van der Waals surface area contributed by atoms with Crippen LogP contribution >= 0.6 is 23.2 Å². The molecule has 0 unspecified atom stereocenters. The molecular weight excluding hydrogens is 642 g/mol. The number of methoxy groups -OCH3 is 1. The Balaban J connectivity index is 1.24. The number of rotatable bonds is 8. The summed E-state index contributed by atoms with van der Waals surface area (Å²) in [5, 5.41) is 0.977. The third-order valence-electron chi connectivity index (χ3n) is 8.78. The molecule has 0 bridgehead atoms. The number of hydrogen-bond acceptors (Lipinski definition) is 6. The third-order valence-corrected chi connectivity index (χ3v) is 9.52. The maximum absolute atomic E-state index is 14.0. The molecule has 0 N–H and O–H groups in total. The molecule has 2 aliphatic heterocycles. The van der Waals surface area contributed by atoms with E-state index in [1.165, 1.54) is 19.2 Å². The van der Waals surface area contributed by atoms with E-state index in [0.29, 0.717) is 53.2 Å². The Morgan fingerprint density at radius 3 is 2.51 bits per heavy atom. The van der Waals surface area contributed by atoms with E-state index >= 15 is 0 Å². The molecule has 0 saturated carbocycles. The van der Waals surface area contributed by atoms with Gasteiger partial charge in [-0.25, -0.2) is 4.39 Å². The lowest BCUT2D eigenvalue weighted by Gasteiger charge is -2.35. The molecule has 7 nitrogen and oxygen atoms in total. The van der Waals surface area contributed by atoms with E-state index in [1.54, 1.807) is 24.1 Å². The van der Waals surface area contributed by atoms with Gasteiger partial charge in [0, 0.05) is 20.1 Å². The highest BCUT2D eigenvalue weighted by molar-refractivity contribution is 6.42. The van der Waals surface area contributed by atoms with E-state index in [-0.39, 0.29) is 23.8 Å². The average molecular weight is 678 g/mol. The summed E-state index contributed by atoms with van der Waals surface area (Å²) in [7, 11) is 3.12. The second-order valence-electron chi connectivity index (χ2n) is 11.9. The Labute approximate surface area is 283 Å². The highest BCUT2D eigenvalue weighted by Gasteiger charge is 2.35. The van der Waals surface area contributed by atoms with Crippen LogP contribution in [-0.4, -0.2) is 48.4 Å². The summed E-state index contributed by atoms with van der Waals surface area (Å²) < 4.78 is 31.9. The first-order valence-corrected chi connectivity index (χ1v) is 16.2. The van der Waals surface area contributed by atoms with Crippen molar-refractivity contribution in [3.05, 3.63) is 128 Å². The van der Waals surface area contributed by atoms with Crippen molar-refractivity contribution in [3.63, 3.8) is 0 Å². The van der Waals surface area contributed by atoms with Gasteiger partial charge >= 0.3 is 5.97 Å². The van der Waals surface area contributed by atoms with Gasteiger partial charge in [0.2, 0.25) is 0 Å². The summed E-state index contributed by atoms with van der Waals surface area (Å²) in [4.78, 5) is 30.0. The van der Waals surface area contributed by atoms with Gasteiger partial charge in [-0.3, -0.25) is 14.5 Å². The number of benzene rings is 4. The van der Waals surface area contributed by atoms with Crippen LogP contribution in [0.1, 0.15) is 63.7 Å². The minimum atomic E-state index is -0.578. The molecule has 1 amide bonds. The van der Waals surface area contributed by atoms with E-state index < -0.39 is 12.1 Å². The predicted molar refractivity (Wildman–Crippen MR) is 178 cm³/mol. The second kappa shape index (κ2) is 13.9. The largest absolute Gasteiger partial charge is 0.486 e. The molecule has 6 rings (SSSR count). The predicted octanol–water partition coefficient (Wildman–Crippen LogP) is 7.97. The van der Waals surface area contributed by atoms with Crippen LogP contribution in [0.4, 0.5) is 4.39 Å². The van der Waals surface area contributed by atoms with Gasteiger partial charge < -0.3 is 19.1 Å². The molecule has 2 aliphatic rings. The zero-order valence-corrected chi connectivity index (χ0v) is 27.9. The number of carbonyl (C=O) groups is 2.